The molecule has 4 heteroatoms. The molecule has 282 valence electrons. The van der Waals surface area contributed by atoms with Crippen LogP contribution in [0.25, 0.3) is 43.8 Å². The van der Waals surface area contributed by atoms with Crippen LogP contribution in [0.15, 0.2) is 109 Å². The van der Waals surface area contributed by atoms with Crippen LogP contribution >= 0.6 is 17.0 Å². The Balaban J connectivity index is 0.000000182. The summed E-state index contributed by atoms with van der Waals surface area (Å²) in [7, 11) is 11.0. The number of halogens is 2. The molecule has 0 N–H and O–H groups in total. The molecule has 8 rings (SSSR count). The summed E-state index contributed by atoms with van der Waals surface area (Å²) < 4.78 is 0. The van der Waals surface area contributed by atoms with Gasteiger partial charge in [0.15, 0.2) is 0 Å². The molecule has 2 aliphatic carbocycles. The van der Waals surface area contributed by atoms with Crippen LogP contribution in [0, 0.1) is 11.8 Å². The fourth-order valence-electron chi connectivity index (χ4n) is 8.62. The molecule has 0 nitrogen and oxygen atoms in total. The van der Waals surface area contributed by atoms with E-state index in [1.807, 2.05) is 0 Å². The van der Waals surface area contributed by atoms with Crippen molar-refractivity contribution in [2.75, 3.05) is 0 Å². The molecule has 2 radical (unpaired) electrons. The number of aryl methyl sites for hydroxylation is 2. The summed E-state index contributed by atoms with van der Waals surface area (Å²) in [5, 5.41) is 5.65. The van der Waals surface area contributed by atoms with Gasteiger partial charge in [0.25, 0.3) is 0 Å². The van der Waals surface area contributed by atoms with E-state index in [1.54, 1.807) is 0 Å². The summed E-state index contributed by atoms with van der Waals surface area (Å²) in [6, 6.07) is 41.4. The van der Waals surface area contributed by atoms with Crippen molar-refractivity contribution in [2.45, 2.75) is 117 Å². The van der Waals surface area contributed by atoms with E-state index in [2.05, 4.69) is 136 Å². The van der Waals surface area contributed by atoms with Gasteiger partial charge in [-0.05, 0) is 59.8 Å². The average Bonchev–Trinajstić information content (AvgIpc) is 3.83. The Labute approximate surface area is 348 Å². The third kappa shape index (κ3) is 12.4. The van der Waals surface area contributed by atoms with Crippen LogP contribution < -0.4 is 0 Å². The standard InChI is InChI=1S/2C24H27.C2H6Si.2ClH.Zr/c2*1-2-18-11-13-21(14-12-18)23-10-6-9-22-16-20(17-24(22)23)15-19-7-4-3-5-8-19;1-3-2;;;/h2*6,9-14,16-17,19H,2-5,7-8,15H2,1H3;1-2H3;2*1H;/q2*-1;;;;+4/p-2. The number of fused-ring (bicyclic) bond motifs is 2. The quantitative estimate of drug-likeness (QED) is 0.106. The van der Waals surface area contributed by atoms with Crippen LogP contribution in [0.4, 0.5) is 0 Å². The Bertz CT molecular complexity index is 1800. The molecule has 2 fully saturated rings. The summed E-state index contributed by atoms with van der Waals surface area (Å²) in [4.78, 5) is 0. The van der Waals surface area contributed by atoms with E-state index in [-0.39, 0.29) is 0 Å². The van der Waals surface area contributed by atoms with Gasteiger partial charge in [-0.3, -0.25) is 0 Å². The molecule has 0 spiro atoms. The molecular weight excluding hydrogens is 791 g/mol. The molecule has 54 heavy (non-hydrogen) atoms. The second-order valence-electron chi connectivity index (χ2n) is 15.4. The van der Waals surface area contributed by atoms with Crippen LogP contribution in [-0.2, 0) is 46.5 Å². The zero-order valence-electron chi connectivity index (χ0n) is 33.2. The van der Waals surface area contributed by atoms with Crippen LogP contribution in [0.3, 0.4) is 0 Å². The topological polar surface area (TPSA) is 0 Å². The SMILES string of the molecule is CCc1ccc(-c2cccc3[cH-]c(CC4CCCCC4)cc23)cc1.CCc1ccc(-c2cccc3[cH-]c(CC4CCCCC4)cc23)cc1.C[Si]C.[Cl][Zr+2][Cl]. The van der Waals surface area contributed by atoms with Crippen LogP contribution in [-0.4, -0.2) is 9.52 Å². The van der Waals surface area contributed by atoms with Gasteiger partial charge < -0.3 is 0 Å². The Morgan fingerprint density at radius 3 is 1.24 bits per heavy atom. The maximum atomic E-state index is 4.93. The van der Waals surface area contributed by atoms with Crippen molar-refractivity contribution in [2.24, 2.45) is 11.8 Å². The monoisotopic (exact) mass is 848 g/mol. The Morgan fingerprint density at radius 1 is 0.556 bits per heavy atom. The van der Waals surface area contributed by atoms with Crippen LogP contribution in [0.5, 0.6) is 0 Å². The van der Waals surface area contributed by atoms with Gasteiger partial charge >= 0.3 is 37.9 Å². The molecule has 0 unspecified atom stereocenters. The second-order valence-corrected chi connectivity index (χ2v) is 20.2. The summed E-state index contributed by atoms with van der Waals surface area (Å²) in [6.07, 6.45) is 19.0. The summed E-state index contributed by atoms with van der Waals surface area (Å²) in [6.45, 7) is 8.73. The van der Waals surface area contributed by atoms with Crippen molar-refractivity contribution in [3.63, 3.8) is 0 Å². The molecule has 6 aromatic carbocycles. The zero-order chi connectivity index (χ0) is 38.1. The average molecular weight is 851 g/mol. The van der Waals surface area contributed by atoms with Gasteiger partial charge in [0.1, 0.15) is 0 Å². The van der Waals surface area contributed by atoms with Crippen molar-refractivity contribution in [1.29, 1.82) is 0 Å². The molecule has 0 saturated heterocycles. The normalized spacial score (nSPS) is 14.6. The molecule has 2 aliphatic rings. The van der Waals surface area contributed by atoms with Crippen molar-refractivity contribution < 1.29 is 20.8 Å². The fourth-order valence-corrected chi connectivity index (χ4v) is 8.62. The fraction of sp³-hybridized carbons (Fsp3) is 0.400. The minimum absolute atomic E-state index is 0.826. The van der Waals surface area contributed by atoms with Gasteiger partial charge in [-0.25, -0.2) is 0 Å². The van der Waals surface area contributed by atoms with E-state index in [0.29, 0.717) is 0 Å². The summed E-state index contributed by atoms with van der Waals surface area (Å²) >= 11 is -0.826. The molecule has 0 aromatic heterocycles. The number of hydrogen-bond donors (Lipinski definition) is 0. The predicted octanol–water partition coefficient (Wildman–Crippen LogP) is 16.0. The van der Waals surface area contributed by atoms with Crippen LogP contribution in [0.2, 0.25) is 13.1 Å². The summed E-state index contributed by atoms with van der Waals surface area (Å²) in [5.74, 6) is 1.81. The number of rotatable bonds is 8. The van der Waals surface area contributed by atoms with E-state index in [4.69, 9.17) is 17.0 Å². The van der Waals surface area contributed by atoms with Gasteiger partial charge in [-0.2, -0.15) is 12.1 Å². The van der Waals surface area contributed by atoms with Crippen molar-refractivity contribution in [3.05, 3.63) is 131 Å². The first-order valence-electron chi connectivity index (χ1n) is 20.6. The van der Waals surface area contributed by atoms with E-state index in [0.717, 1.165) is 34.2 Å². The van der Waals surface area contributed by atoms with Crippen LogP contribution in [0.1, 0.15) is 100 Å². The van der Waals surface area contributed by atoms with Crippen molar-refractivity contribution >= 4 is 48.1 Å². The molecule has 6 aromatic rings. The molecule has 0 heterocycles. The third-order valence-electron chi connectivity index (χ3n) is 11.5. The number of benzene rings is 4. The first-order chi connectivity index (χ1) is 26.5. The van der Waals surface area contributed by atoms with Gasteiger partial charge in [0.2, 0.25) is 0 Å². The molecule has 0 atom stereocenters. The van der Waals surface area contributed by atoms with Gasteiger partial charge in [-0.15, -0.1) is 69.1 Å². The third-order valence-corrected chi connectivity index (χ3v) is 11.5. The second kappa shape index (κ2) is 23.1. The minimum atomic E-state index is -0.826. The molecular formula is C50H60Cl2SiZr. The van der Waals surface area contributed by atoms with E-state index >= 15 is 0 Å². The summed E-state index contributed by atoms with van der Waals surface area (Å²) in [5.41, 5.74) is 11.3. The van der Waals surface area contributed by atoms with Gasteiger partial charge in [-0.1, -0.05) is 163 Å². The Morgan fingerprint density at radius 2 is 0.907 bits per heavy atom. The molecule has 0 aliphatic heterocycles. The van der Waals surface area contributed by atoms with E-state index in [9.17, 15) is 0 Å². The van der Waals surface area contributed by atoms with Gasteiger partial charge in [0.05, 0.1) is 0 Å². The molecule has 0 amide bonds. The maximum absolute atomic E-state index is 4.93. The molecule has 2 saturated carbocycles. The van der Waals surface area contributed by atoms with Crippen molar-refractivity contribution in [3.8, 4) is 22.3 Å². The zero-order valence-corrected chi connectivity index (χ0v) is 38.2. The van der Waals surface area contributed by atoms with E-state index in [1.165, 1.54) is 143 Å². The Hall–Kier alpha value is -2.22. The first-order valence-corrected chi connectivity index (χ1v) is 28.9. The predicted molar refractivity (Wildman–Crippen MR) is 238 cm³/mol. The van der Waals surface area contributed by atoms with Gasteiger partial charge in [0, 0.05) is 9.52 Å². The molecule has 0 bridgehead atoms. The Kier molecular flexibility index (Phi) is 18.4. The first kappa shape index (κ1) is 42.9. The number of hydrogen-bond acceptors (Lipinski definition) is 0. The van der Waals surface area contributed by atoms with Crippen molar-refractivity contribution in [1.82, 2.24) is 0 Å². The van der Waals surface area contributed by atoms with E-state index < -0.39 is 20.8 Å².